The number of thiophene rings is 1. The first kappa shape index (κ1) is 24.7. The molecule has 8 heteroatoms. The van der Waals surface area contributed by atoms with Gasteiger partial charge in [0.25, 0.3) is 0 Å². The van der Waals surface area contributed by atoms with E-state index in [4.69, 9.17) is 9.47 Å². The predicted molar refractivity (Wildman–Crippen MR) is 129 cm³/mol. The maximum Gasteiger partial charge on any atom is 0.242 e. The summed E-state index contributed by atoms with van der Waals surface area (Å²) in [6.07, 6.45) is 3.06. The molecule has 2 aromatic rings. The Balaban J connectivity index is 1.49. The van der Waals surface area contributed by atoms with Gasteiger partial charge < -0.3 is 19.3 Å². The lowest BCUT2D eigenvalue weighted by molar-refractivity contribution is -0.144. The third-order valence-electron chi connectivity index (χ3n) is 6.33. The van der Waals surface area contributed by atoms with Crippen LogP contribution in [-0.2, 0) is 20.7 Å². The molecule has 2 aliphatic heterocycles. The molecule has 0 N–H and O–H groups in total. The van der Waals surface area contributed by atoms with Crippen LogP contribution in [0.1, 0.15) is 49.6 Å². The molecular formula is C26H33FN2O4S. The van der Waals surface area contributed by atoms with Crippen molar-refractivity contribution >= 4 is 23.2 Å². The van der Waals surface area contributed by atoms with E-state index in [0.29, 0.717) is 31.9 Å². The molecule has 0 aliphatic carbocycles. The first-order valence-electron chi connectivity index (χ1n) is 12.0. The topological polar surface area (TPSA) is 59.1 Å². The van der Waals surface area contributed by atoms with Crippen molar-refractivity contribution in [3.8, 4) is 5.75 Å². The smallest absolute Gasteiger partial charge is 0.242 e. The van der Waals surface area contributed by atoms with Crippen LogP contribution in [0.4, 0.5) is 4.39 Å². The second-order valence-corrected chi connectivity index (χ2v) is 10.4. The first-order chi connectivity index (χ1) is 16.4. The van der Waals surface area contributed by atoms with Gasteiger partial charge in [0.1, 0.15) is 18.2 Å². The van der Waals surface area contributed by atoms with Gasteiger partial charge in [0, 0.05) is 37.1 Å². The molecule has 1 fully saturated rings. The molecule has 184 valence electrons. The first-order valence-corrected chi connectivity index (χ1v) is 12.9. The second kappa shape index (κ2) is 11.3. The minimum absolute atomic E-state index is 0.0131. The quantitative estimate of drug-likeness (QED) is 0.524. The van der Waals surface area contributed by atoms with Crippen molar-refractivity contribution in [1.82, 2.24) is 9.80 Å². The number of carbonyl (C=O) groups is 2. The molecule has 1 aromatic carbocycles. The van der Waals surface area contributed by atoms with Crippen molar-refractivity contribution in [1.29, 1.82) is 0 Å². The van der Waals surface area contributed by atoms with Crippen molar-refractivity contribution < 1.29 is 23.5 Å². The van der Waals surface area contributed by atoms with Crippen molar-refractivity contribution in [3.63, 3.8) is 0 Å². The summed E-state index contributed by atoms with van der Waals surface area (Å²) in [6, 6.07) is 7.78. The standard InChI is InChI=1S/C26H33FN2O4S/c1-18(2)13-25(30)28(15-21-7-4-11-32-21)16-26(31)29-10-8-24-22(9-12-34-24)23(29)17-33-20-6-3-5-19(27)14-20/h3,5-6,9,12,14,18,21,23H,4,7-8,10-11,13,15-17H2,1-2H3/t21-,23+/m1/s1. The molecular weight excluding hydrogens is 455 g/mol. The van der Waals surface area contributed by atoms with Gasteiger partial charge in [-0.15, -0.1) is 11.3 Å². The highest BCUT2D eigenvalue weighted by Crippen LogP contribution is 2.34. The number of halogens is 1. The summed E-state index contributed by atoms with van der Waals surface area (Å²) in [5.74, 6) is 0.172. The van der Waals surface area contributed by atoms with Crippen molar-refractivity contribution in [2.75, 3.05) is 32.8 Å². The fourth-order valence-electron chi connectivity index (χ4n) is 4.63. The Hall–Kier alpha value is -2.45. The number of hydrogen-bond donors (Lipinski definition) is 0. The predicted octanol–water partition coefficient (Wildman–Crippen LogP) is 4.45. The Bertz CT molecular complexity index is 989. The number of fused-ring (bicyclic) bond motifs is 1. The minimum atomic E-state index is -0.362. The van der Waals surface area contributed by atoms with Gasteiger partial charge in [0.2, 0.25) is 11.8 Å². The van der Waals surface area contributed by atoms with Crippen LogP contribution in [0.25, 0.3) is 0 Å². The maximum absolute atomic E-state index is 13.6. The van der Waals surface area contributed by atoms with Gasteiger partial charge in [0.15, 0.2) is 0 Å². The van der Waals surface area contributed by atoms with E-state index < -0.39 is 0 Å². The summed E-state index contributed by atoms with van der Waals surface area (Å²) in [6.45, 7) is 5.98. The highest BCUT2D eigenvalue weighted by Gasteiger charge is 2.34. The summed E-state index contributed by atoms with van der Waals surface area (Å²) in [5.41, 5.74) is 1.07. The van der Waals surface area contributed by atoms with Gasteiger partial charge in [-0.25, -0.2) is 4.39 Å². The number of carbonyl (C=O) groups excluding carboxylic acids is 2. The molecule has 0 unspecified atom stereocenters. The molecule has 2 aliphatic rings. The van der Waals surface area contributed by atoms with Gasteiger partial charge in [-0.05, 0) is 54.3 Å². The normalized spacial score (nSPS) is 19.8. The summed E-state index contributed by atoms with van der Waals surface area (Å²) in [7, 11) is 0. The Morgan fingerprint density at radius 2 is 2.18 bits per heavy atom. The number of ether oxygens (including phenoxy) is 2. The van der Waals surface area contributed by atoms with Crippen LogP contribution >= 0.6 is 11.3 Å². The molecule has 34 heavy (non-hydrogen) atoms. The summed E-state index contributed by atoms with van der Waals surface area (Å²) in [4.78, 5) is 31.3. The van der Waals surface area contributed by atoms with Crippen LogP contribution in [0, 0.1) is 11.7 Å². The van der Waals surface area contributed by atoms with Crippen molar-refractivity contribution in [2.45, 2.75) is 51.7 Å². The van der Waals surface area contributed by atoms with E-state index in [2.05, 4.69) is 0 Å². The Morgan fingerprint density at radius 3 is 2.91 bits per heavy atom. The molecule has 0 radical (unpaired) electrons. The van der Waals surface area contributed by atoms with E-state index >= 15 is 0 Å². The maximum atomic E-state index is 13.6. The van der Waals surface area contributed by atoms with Gasteiger partial charge in [-0.2, -0.15) is 0 Å². The van der Waals surface area contributed by atoms with E-state index in [1.54, 1.807) is 28.4 Å². The minimum Gasteiger partial charge on any atom is -0.491 e. The van der Waals surface area contributed by atoms with Gasteiger partial charge >= 0.3 is 0 Å². The van der Waals surface area contributed by atoms with Gasteiger partial charge in [0.05, 0.1) is 18.7 Å². The van der Waals surface area contributed by atoms with Crippen molar-refractivity contribution in [3.05, 3.63) is 52.0 Å². The van der Waals surface area contributed by atoms with E-state index in [-0.39, 0.29) is 48.8 Å². The van der Waals surface area contributed by atoms with Crippen LogP contribution < -0.4 is 4.74 Å². The fraction of sp³-hybridized carbons (Fsp3) is 0.538. The van der Waals surface area contributed by atoms with E-state index in [0.717, 1.165) is 24.8 Å². The molecule has 1 aromatic heterocycles. The third kappa shape index (κ3) is 6.16. The summed E-state index contributed by atoms with van der Waals surface area (Å²) < 4.78 is 25.3. The molecule has 0 bridgehead atoms. The monoisotopic (exact) mass is 488 g/mol. The summed E-state index contributed by atoms with van der Waals surface area (Å²) in [5, 5.41) is 2.03. The van der Waals surface area contributed by atoms with Gasteiger partial charge in [-0.1, -0.05) is 19.9 Å². The molecule has 0 saturated carbocycles. The molecule has 2 amide bonds. The second-order valence-electron chi connectivity index (χ2n) is 9.43. The molecule has 2 atom stereocenters. The SMILES string of the molecule is CC(C)CC(=O)N(CC(=O)N1CCc2sccc2[C@@H]1COc1cccc(F)c1)C[C@H]1CCCO1. The zero-order valence-corrected chi connectivity index (χ0v) is 20.7. The van der Waals surface area contributed by atoms with E-state index in [1.165, 1.54) is 17.0 Å². The molecule has 1 saturated heterocycles. The number of benzene rings is 1. The average molecular weight is 489 g/mol. The third-order valence-corrected chi connectivity index (χ3v) is 7.33. The largest absolute Gasteiger partial charge is 0.491 e. The Labute approximate surface area is 204 Å². The van der Waals surface area contributed by atoms with Crippen LogP contribution in [-0.4, -0.2) is 60.6 Å². The number of rotatable bonds is 9. The van der Waals surface area contributed by atoms with Crippen molar-refractivity contribution in [2.24, 2.45) is 5.92 Å². The van der Waals surface area contributed by atoms with Crippen LogP contribution in [0.3, 0.4) is 0 Å². The molecule has 6 nitrogen and oxygen atoms in total. The van der Waals surface area contributed by atoms with Crippen LogP contribution in [0.2, 0.25) is 0 Å². The lowest BCUT2D eigenvalue weighted by Gasteiger charge is -2.37. The van der Waals surface area contributed by atoms with E-state index in [1.807, 2.05) is 30.2 Å². The fourth-order valence-corrected chi connectivity index (χ4v) is 5.56. The van der Waals surface area contributed by atoms with Crippen LogP contribution in [0.5, 0.6) is 5.75 Å². The number of amides is 2. The number of nitrogens with zero attached hydrogens (tertiary/aromatic N) is 2. The van der Waals surface area contributed by atoms with Gasteiger partial charge in [-0.3, -0.25) is 9.59 Å². The Morgan fingerprint density at radius 1 is 1.32 bits per heavy atom. The zero-order chi connectivity index (χ0) is 24.1. The highest BCUT2D eigenvalue weighted by molar-refractivity contribution is 7.10. The average Bonchev–Trinajstić information content (AvgIpc) is 3.48. The zero-order valence-electron chi connectivity index (χ0n) is 19.9. The van der Waals surface area contributed by atoms with E-state index in [9.17, 15) is 14.0 Å². The summed E-state index contributed by atoms with van der Waals surface area (Å²) >= 11 is 1.68. The lowest BCUT2D eigenvalue weighted by atomic mass is 10.00. The molecule has 3 heterocycles. The Kier molecular flexibility index (Phi) is 8.21. The highest BCUT2D eigenvalue weighted by atomic mass is 32.1. The van der Waals surface area contributed by atoms with Crippen LogP contribution in [0.15, 0.2) is 35.7 Å². The molecule has 4 rings (SSSR count). The lowest BCUT2D eigenvalue weighted by Crippen LogP contribution is -2.49. The number of hydrogen-bond acceptors (Lipinski definition) is 5. The molecule has 0 spiro atoms.